The van der Waals surface area contributed by atoms with Crippen molar-refractivity contribution < 1.29 is 10.3 Å². The van der Waals surface area contributed by atoms with Crippen LogP contribution in [0.5, 0.6) is 0 Å². The molecule has 0 saturated carbocycles. The molecular weight excluding hydrogens is 162 g/mol. The van der Waals surface area contributed by atoms with E-state index in [9.17, 15) is 0 Å². The molecule has 0 aromatic carbocycles. The second kappa shape index (κ2) is 4.46. The van der Waals surface area contributed by atoms with Gasteiger partial charge in [-0.15, -0.1) is 11.3 Å². The Bertz CT molecular complexity index is 188. The summed E-state index contributed by atoms with van der Waals surface area (Å²) in [6.07, 6.45) is 0.539. The van der Waals surface area contributed by atoms with Gasteiger partial charge in [-0.05, 0) is 17.9 Å². The summed E-state index contributed by atoms with van der Waals surface area (Å²) in [5.74, 6) is 0. The largest absolute Gasteiger partial charge is 0.396 e. The Morgan fingerprint density at radius 1 is 1.64 bits per heavy atom. The number of thiophene rings is 1. The molecule has 0 radical (unpaired) electrons. The van der Waals surface area contributed by atoms with Crippen LogP contribution in [-0.4, -0.2) is 16.9 Å². The molecule has 1 aromatic heterocycles. The molecule has 0 bridgehead atoms. The molecule has 0 amide bonds. The lowest BCUT2D eigenvalue weighted by Gasteiger charge is -2.10. The molecule has 0 spiro atoms. The van der Waals surface area contributed by atoms with Gasteiger partial charge in [-0.1, -0.05) is 6.07 Å². The van der Waals surface area contributed by atoms with Crippen molar-refractivity contribution >= 4 is 11.3 Å². The standard InChI is InChI=1S/C7H11NO2S/c9-4-3-6(8-10)7-2-1-5-11-7/h1-2,5-6,8-10H,3-4H2/t6-/m1/s1. The molecule has 1 aromatic rings. The van der Waals surface area contributed by atoms with Crippen LogP contribution in [0.15, 0.2) is 17.5 Å². The fraction of sp³-hybridized carbons (Fsp3) is 0.429. The first kappa shape index (κ1) is 8.67. The van der Waals surface area contributed by atoms with E-state index in [0.29, 0.717) is 6.42 Å². The molecule has 1 heterocycles. The predicted molar refractivity (Wildman–Crippen MR) is 43.7 cm³/mol. The number of aliphatic hydroxyl groups excluding tert-OH is 1. The Hall–Kier alpha value is -0.420. The Morgan fingerprint density at radius 2 is 2.45 bits per heavy atom. The van der Waals surface area contributed by atoms with Crippen LogP contribution in [-0.2, 0) is 0 Å². The van der Waals surface area contributed by atoms with Crippen molar-refractivity contribution in [1.29, 1.82) is 0 Å². The summed E-state index contributed by atoms with van der Waals surface area (Å²) in [6.45, 7) is 0.0795. The second-order valence-electron chi connectivity index (χ2n) is 2.21. The van der Waals surface area contributed by atoms with Crippen molar-refractivity contribution in [3.05, 3.63) is 22.4 Å². The molecule has 0 aliphatic carbocycles. The Balaban J connectivity index is 2.56. The summed E-state index contributed by atoms with van der Waals surface area (Å²) in [5, 5.41) is 19.2. The first-order valence-corrected chi connectivity index (χ1v) is 4.30. The van der Waals surface area contributed by atoms with Gasteiger partial charge in [0.05, 0.1) is 6.04 Å². The van der Waals surface area contributed by atoms with Gasteiger partial charge in [0.25, 0.3) is 0 Å². The van der Waals surface area contributed by atoms with Crippen LogP contribution in [0.25, 0.3) is 0 Å². The highest BCUT2D eigenvalue weighted by atomic mass is 32.1. The summed E-state index contributed by atoms with van der Waals surface area (Å²) < 4.78 is 0. The molecule has 3 nitrogen and oxygen atoms in total. The van der Waals surface area contributed by atoms with Crippen molar-refractivity contribution in [3.63, 3.8) is 0 Å². The zero-order chi connectivity index (χ0) is 8.10. The van der Waals surface area contributed by atoms with Crippen molar-refractivity contribution in [3.8, 4) is 0 Å². The van der Waals surface area contributed by atoms with Gasteiger partial charge in [0.1, 0.15) is 0 Å². The molecule has 0 aliphatic heterocycles. The third kappa shape index (κ3) is 2.27. The Labute approximate surface area is 69.3 Å². The maximum absolute atomic E-state index is 8.67. The molecule has 1 rings (SSSR count). The van der Waals surface area contributed by atoms with Crippen LogP contribution in [0, 0.1) is 0 Å². The minimum absolute atomic E-state index is 0.0795. The van der Waals surface area contributed by atoms with Crippen LogP contribution in [0.1, 0.15) is 17.3 Å². The highest BCUT2D eigenvalue weighted by Gasteiger charge is 2.09. The molecule has 0 aliphatic rings. The highest BCUT2D eigenvalue weighted by molar-refractivity contribution is 7.10. The number of rotatable bonds is 4. The first-order chi connectivity index (χ1) is 5.38. The summed E-state index contributed by atoms with van der Waals surface area (Å²) in [7, 11) is 0. The van der Waals surface area contributed by atoms with E-state index in [4.69, 9.17) is 10.3 Å². The van der Waals surface area contributed by atoms with Crippen LogP contribution in [0.4, 0.5) is 0 Å². The normalized spacial score (nSPS) is 13.3. The third-order valence-corrected chi connectivity index (χ3v) is 2.45. The van der Waals surface area contributed by atoms with E-state index in [1.165, 1.54) is 0 Å². The fourth-order valence-electron chi connectivity index (χ4n) is 0.889. The number of aliphatic hydroxyl groups is 1. The zero-order valence-corrected chi connectivity index (χ0v) is 6.84. The van der Waals surface area contributed by atoms with E-state index in [1.54, 1.807) is 11.3 Å². The van der Waals surface area contributed by atoms with Gasteiger partial charge < -0.3 is 10.3 Å². The molecular formula is C7H11NO2S. The third-order valence-electron chi connectivity index (χ3n) is 1.46. The van der Waals surface area contributed by atoms with E-state index in [0.717, 1.165) is 4.88 Å². The van der Waals surface area contributed by atoms with Crippen molar-refractivity contribution in [2.24, 2.45) is 0 Å². The number of hydroxylamine groups is 1. The molecule has 3 N–H and O–H groups in total. The lowest BCUT2D eigenvalue weighted by atomic mass is 10.2. The quantitative estimate of drug-likeness (QED) is 0.599. The van der Waals surface area contributed by atoms with Gasteiger partial charge in [-0.2, -0.15) is 5.48 Å². The summed E-state index contributed by atoms with van der Waals surface area (Å²) in [5.41, 5.74) is 2.16. The SMILES string of the molecule is OCC[C@@H](NO)c1cccs1. The number of hydrogen-bond donors (Lipinski definition) is 3. The van der Waals surface area contributed by atoms with Crippen molar-refractivity contribution in [2.75, 3.05) is 6.61 Å². The Kier molecular flexibility index (Phi) is 3.51. The van der Waals surface area contributed by atoms with E-state index in [1.807, 2.05) is 17.5 Å². The number of hydrogen-bond acceptors (Lipinski definition) is 4. The maximum Gasteiger partial charge on any atom is 0.0683 e. The van der Waals surface area contributed by atoms with Gasteiger partial charge in [0.15, 0.2) is 0 Å². The molecule has 62 valence electrons. The monoisotopic (exact) mass is 173 g/mol. The van der Waals surface area contributed by atoms with Gasteiger partial charge in [0, 0.05) is 11.5 Å². The molecule has 4 heteroatoms. The Morgan fingerprint density at radius 3 is 2.91 bits per heavy atom. The molecule has 11 heavy (non-hydrogen) atoms. The summed E-state index contributed by atoms with van der Waals surface area (Å²) >= 11 is 1.56. The smallest absolute Gasteiger partial charge is 0.0683 e. The van der Waals surface area contributed by atoms with Crippen LogP contribution < -0.4 is 5.48 Å². The van der Waals surface area contributed by atoms with Gasteiger partial charge in [-0.3, -0.25) is 0 Å². The van der Waals surface area contributed by atoms with Gasteiger partial charge in [-0.25, -0.2) is 0 Å². The van der Waals surface area contributed by atoms with E-state index < -0.39 is 0 Å². The predicted octanol–water partition coefficient (Wildman–Crippen LogP) is 1.15. The minimum Gasteiger partial charge on any atom is -0.396 e. The highest BCUT2D eigenvalue weighted by Crippen LogP contribution is 2.20. The van der Waals surface area contributed by atoms with Crippen LogP contribution in [0.3, 0.4) is 0 Å². The van der Waals surface area contributed by atoms with Crippen molar-refractivity contribution in [1.82, 2.24) is 5.48 Å². The average molecular weight is 173 g/mol. The summed E-state index contributed by atoms with van der Waals surface area (Å²) in [6, 6.07) is 3.72. The van der Waals surface area contributed by atoms with Gasteiger partial charge in [0.2, 0.25) is 0 Å². The zero-order valence-electron chi connectivity index (χ0n) is 6.03. The molecule has 0 fully saturated rings. The maximum atomic E-state index is 8.67. The second-order valence-corrected chi connectivity index (χ2v) is 3.19. The van der Waals surface area contributed by atoms with E-state index in [-0.39, 0.29) is 12.6 Å². The molecule has 0 saturated heterocycles. The van der Waals surface area contributed by atoms with E-state index >= 15 is 0 Å². The van der Waals surface area contributed by atoms with Crippen molar-refractivity contribution in [2.45, 2.75) is 12.5 Å². The topological polar surface area (TPSA) is 52.5 Å². The van der Waals surface area contributed by atoms with Crippen LogP contribution >= 0.6 is 11.3 Å². The fourth-order valence-corrected chi connectivity index (χ4v) is 1.70. The lowest BCUT2D eigenvalue weighted by Crippen LogP contribution is -2.16. The first-order valence-electron chi connectivity index (χ1n) is 3.42. The van der Waals surface area contributed by atoms with E-state index in [2.05, 4.69) is 5.48 Å². The minimum atomic E-state index is -0.125. The summed E-state index contributed by atoms with van der Waals surface area (Å²) in [4.78, 5) is 1.04. The van der Waals surface area contributed by atoms with Crippen LogP contribution in [0.2, 0.25) is 0 Å². The van der Waals surface area contributed by atoms with Gasteiger partial charge >= 0.3 is 0 Å². The molecule has 0 unspecified atom stereocenters. The molecule has 1 atom stereocenters. The lowest BCUT2D eigenvalue weighted by molar-refractivity contribution is 0.111. The number of nitrogens with one attached hydrogen (secondary N) is 1. The average Bonchev–Trinajstić information content (AvgIpc) is 2.52.